The first-order valence-corrected chi connectivity index (χ1v) is 7.61. The average Bonchev–Trinajstić information content (AvgIpc) is 2.86. The summed E-state index contributed by atoms with van der Waals surface area (Å²) in [5.41, 5.74) is 0.517. The van der Waals surface area contributed by atoms with E-state index in [2.05, 4.69) is 5.32 Å². The average molecular weight is 313 g/mol. The molecule has 7 heteroatoms. The van der Waals surface area contributed by atoms with Gasteiger partial charge in [0, 0.05) is 12.1 Å². The Bertz CT molecular complexity index is 615. The molecule has 0 spiro atoms. The van der Waals surface area contributed by atoms with Crippen LogP contribution in [0.5, 0.6) is 0 Å². The number of nitro groups is 1. The number of nitrogens with zero attached hydrogens (tertiary/aromatic N) is 1. The van der Waals surface area contributed by atoms with Gasteiger partial charge in [-0.15, -0.1) is 0 Å². The largest absolute Gasteiger partial charge is 0.463 e. The van der Waals surface area contributed by atoms with E-state index in [4.69, 9.17) is 16.0 Å². The molecule has 0 aliphatic heterocycles. The topological polar surface area (TPSA) is 68.3 Å². The predicted molar refractivity (Wildman–Crippen MR) is 81.4 cm³/mol. The molecule has 1 heterocycles. The van der Waals surface area contributed by atoms with Gasteiger partial charge in [0.2, 0.25) is 0 Å². The molecule has 0 radical (unpaired) electrons. The van der Waals surface area contributed by atoms with E-state index in [0.29, 0.717) is 17.3 Å². The summed E-state index contributed by atoms with van der Waals surface area (Å²) >= 11 is 7.68. The molecule has 0 amide bonds. The fraction of sp³-hybridized carbons (Fsp3) is 0.231. The monoisotopic (exact) mass is 312 g/mol. The van der Waals surface area contributed by atoms with Gasteiger partial charge in [-0.25, -0.2) is 0 Å². The SMILES string of the molecule is CSCc1ccc(CNc2cc([N+](=O)[O-])ccc2Cl)o1. The van der Waals surface area contributed by atoms with Crippen molar-refractivity contribution in [2.24, 2.45) is 0 Å². The number of hydrogen-bond donors (Lipinski definition) is 1. The Balaban J connectivity index is 2.05. The fourth-order valence-corrected chi connectivity index (χ4v) is 2.31. The van der Waals surface area contributed by atoms with Crippen LogP contribution in [0.3, 0.4) is 0 Å². The van der Waals surface area contributed by atoms with Gasteiger partial charge in [0.25, 0.3) is 5.69 Å². The van der Waals surface area contributed by atoms with Gasteiger partial charge < -0.3 is 9.73 Å². The number of nitrogens with one attached hydrogen (secondary N) is 1. The minimum absolute atomic E-state index is 0.000540. The lowest BCUT2D eigenvalue weighted by molar-refractivity contribution is -0.384. The fourth-order valence-electron chi connectivity index (χ4n) is 1.68. The Labute approximate surface area is 125 Å². The van der Waals surface area contributed by atoms with Crippen LogP contribution >= 0.6 is 23.4 Å². The highest BCUT2D eigenvalue weighted by Crippen LogP contribution is 2.27. The third-order valence-corrected chi connectivity index (χ3v) is 3.52. The van der Waals surface area contributed by atoms with Crippen molar-refractivity contribution in [1.82, 2.24) is 0 Å². The second-order valence-electron chi connectivity index (χ2n) is 4.08. The van der Waals surface area contributed by atoms with Crippen molar-refractivity contribution in [3.63, 3.8) is 0 Å². The Morgan fingerprint density at radius 3 is 2.80 bits per heavy atom. The maximum Gasteiger partial charge on any atom is 0.271 e. The quantitative estimate of drug-likeness (QED) is 0.635. The van der Waals surface area contributed by atoms with Crippen LogP contribution in [0.2, 0.25) is 5.02 Å². The van der Waals surface area contributed by atoms with E-state index >= 15 is 0 Å². The normalized spacial score (nSPS) is 10.5. The van der Waals surface area contributed by atoms with E-state index in [1.54, 1.807) is 11.8 Å². The van der Waals surface area contributed by atoms with E-state index in [0.717, 1.165) is 17.3 Å². The number of furan rings is 1. The van der Waals surface area contributed by atoms with Crippen molar-refractivity contribution in [2.45, 2.75) is 12.3 Å². The molecule has 0 fully saturated rings. The Morgan fingerprint density at radius 1 is 1.35 bits per heavy atom. The van der Waals surface area contributed by atoms with Gasteiger partial charge in [-0.3, -0.25) is 10.1 Å². The summed E-state index contributed by atoms with van der Waals surface area (Å²) in [6, 6.07) is 8.08. The molecule has 0 atom stereocenters. The molecule has 0 aliphatic rings. The third kappa shape index (κ3) is 3.68. The van der Waals surface area contributed by atoms with Crippen molar-refractivity contribution in [2.75, 3.05) is 11.6 Å². The van der Waals surface area contributed by atoms with Crippen LogP contribution in [-0.2, 0) is 12.3 Å². The number of benzene rings is 1. The number of rotatable bonds is 6. The summed E-state index contributed by atoms with van der Waals surface area (Å²) < 4.78 is 5.60. The lowest BCUT2D eigenvalue weighted by Gasteiger charge is -2.06. The van der Waals surface area contributed by atoms with E-state index in [1.165, 1.54) is 18.2 Å². The number of thioether (sulfide) groups is 1. The molecule has 2 aromatic rings. The van der Waals surface area contributed by atoms with Crippen molar-refractivity contribution in [3.8, 4) is 0 Å². The van der Waals surface area contributed by atoms with Crippen LogP contribution in [0.25, 0.3) is 0 Å². The molecule has 106 valence electrons. The number of hydrogen-bond acceptors (Lipinski definition) is 5. The maximum atomic E-state index is 10.7. The standard InChI is InChI=1S/C13H13ClN2O3S/c1-20-8-11-4-3-10(19-11)7-15-13-6-9(16(17)18)2-5-12(13)14/h2-6,15H,7-8H2,1H3. The first-order chi connectivity index (χ1) is 9.60. The molecule has 1 N–H and O–H groups in total. The molecule has 0 bridgehead atoms. The van der Waals surface area contributed by atoms with Gasteiger partial charge in [0.15, 0.2) is 0 Å². The van der Waals surface area contributed by atoms with Crippen LogP contribution in [0, 0.1) is 10.1 Å². The summed E-state index contributed by atoms with van der Waals surface area (Å²) in [5.74, 6) is 2.48. The summed E-state index contributed by atoms with van der Waals surface area (Å²) in [6.07, 6.45) is 2.00. The highest BCUT2D eigenvalue weighted by molar-refractivity contribution is 7.97. The van der Waals surface area contributed by atoms with Crippen LogP contribution < -0.4 is 5.32 Å². The van der Waals surface area contributed by atoms with E-state index in [9.17, 15) is 10.1 Å². The molecule has 1 aromatic heterocycles. The maximum absolute atomic E-state index is 10.7. The van der Waals surface area contributed by atoms with Gasteiger partial charge in [-0.05, 0) is 24.5 Å². The van der Waals surface area contributed by atoms with Crippen LogP contribution in [0.15, 0.2) is 34.7 Å². The summed E-state index contributed by atoms with van der Waals surface area (Å²) in [5, 5.41) is 14.2. The van der Waals surface area contributed by atoms with Crippen molar-refractivity contribution in [3.05, 3.63) is 57.0 Å². The van der Waals surface area contributed by atoms with Gasteiger partial charge in [0.1, 0.15) is 11.5 Å². The number of non-ortho nitro benzene ring substituents is 1. The van der Waals surface area contributed by atoms with Crippen LogP contribution in [0.4, 0.5) is 11.4 Å². The Morgan fingerprint density at radius 2 is 2.10 bits per heavy atom. The highest BCUT2D eigenvalue weighted by Gasteiger charge is 2.10. The zero-order chi connectivity index (χ0) is 14.5. The molecule has 20 heavy (non-hydrogen) atoms. The second-order valence-corrected chi connectivity index (χ2v) is 5.35. The van der Waals surface area contributed by atoms with Crippen LogP contribution in [0.1, 0.15) is 11.5 Å². The smallest absolute Gasteiger partial charge is 0.271 e. The minimum atomic E-state index is -0.453. The van der Waals surface area contributed by atoms with Gasteiger partial charge in [-0.2, -0.15) is 11.8 Å². The lowest BCUT2D eigenvalue weighted by Crippen LogP contribution is -1.99. The van der Waals surface area contributed by atoms with Gasteiger partial charge in [-0.1, -0.05) is 11.6 Å². The Hall–Kier alpha value is -1.66. The highest BCUT2D eigenvalue weighted by atomic mass is 35.5. The number of anilines is 1. The Kier molecular flexibility index (Phi) is 4.92. The first kappa shape index (κ1) is 14.7. The number of nitro benzene ring substituents is 1. The van der Waals surface area contributed by atoms with Gasteiger partial charge in [0.05, 0.1) is 27.9 Å². The molecule has 0 saturated carbocycles. The molecule has 0 aliphatic carbocycles. The zero-order valence-electron chi connectivity index (χ0n) is 10.8. The molecule has 5 nitrogen and oxygen atoms in total. The van der Waals surface area contributed by atoms with Gasteiger partial charge >= 0.3 is 0 Å². The lowest BCUT2D eigenvalue weighted by atomic mass is 10.2. The summed E-state index contributed by atoms with van der Waals surface area (Å²) in [4.78, 5) is 10.3. The van der Waals surface area contributed by atoms with E-state index in [1.807, 2.05) is 18.4 Å². The van der Waals surface area contributed by atoms with Crippen molar-refractivity contribution < 1.29 is 9.34 Å². The molecule has 0 unspecified atom stereocenters. The van der Waals surface area contributed by atoms with E-state index < -0.39 is 4.92 Å². The number of halogens is 1. The summed E-state index contributed by atoms with van der Waals surface area (Å²) in [7, 11) is 0. The first-order valence-electron chi connectivity index (χ1n) is 5.84. The predicted octanol–water partition coefficient (Wildman–Crippen LogP) is 4.32. The zero-order valence-corrected chi connectivity index (χ0v) is 12.3. The second kappa shape index (κ2) is 6.67. The molecule has 2 rings (SSSR count). The van der Waals surface area contributed by atoms with Crippen LogP contribution in [-0.4, -0.2) is 11.2 Å². The molecule has 1 aromatic carbocycles. The summed E-state index contributed by atoms with van der Waals surface area (Å²) in [6.45, 7) is 0.426. The van der Waals surface area contributed by atoms with E-state index in [-0.39, 0.29) is 5.69 Å². The molecular formula is C13H13ClN2O3S. The third-order valence-electron chi connectivity index (χ3n) is 2.62. The minimum Gasteiger partial charge on any atom is -0.463 e. The molecular weight excluding hydrogens is 300 g/mol. The molecule has 0 saturated heterocycles. The van der Waals surface area contributed by atoms with Crippen molar-refractivity contribution in [1.29, 1.82) is 0 Å². The van der Waals surface area contributed by atoms with Crippen molar-refractivity contribution >= 4 is 34.7 Å².